The monoisotopic (exact) mass is 371 g/mol. The van der Waals surface area contributed by atoms with E-state index >= 15 is 0 Å². The van der Waals surface area contributed by atoms with Crippen LogP contribution >= 0.6 is 11.8 Å². The highest BCUT2D eigenvalue weighted by molar-refractivity contribution is 7.99. The number of aromatic nitrogens is 3. The number of non-ortho nitro benzene ring substituents is 1. The number of nitro groups is 1. The van der Waals surface area contributed by atoms with Crippen LogP contribution in [-0.4, -0.2) is 31.0 Å². The Morgan fingerprint density at radius 3 is 2.69 bits per heavy atom. The maximum atomic E-state index is 12.0. The smallest absolute Gasteiger partial charge is 0.325 e. The fraction of sp³-hybridized carbons (Fsp3) is 0.125. The summed E-state index contributed by atoms with van der Waals surface area (Å²) in [6, 6.07) is 9.07. The Balaban J connectivity index is 1.68. The van der Waals surface area contributed by atoms with Crippen molar-refractivity contribution < 1.29 is 9.72 Å². The van der Waals surface area contributed by atoms with Gasteiger partial charge < -0.3 is 5.32 Å². The lowest BCUT2D eigenvalue weighted by molar-refractivity contribution is -0.384. The van der Waals surface area contributed by atoms with Crippen LogP contribution < -0.4 is 11.0 Å². The van der Waals surface area contributed by atoms with Gasteiger partial charge in [0.15, 0.2) is 5.16 Å². The fourth-order valence-electron chi connectivity index (χ4n) is 2.21. The molecule has 0 fully saturated rings. The van der Waals surface area contributed by atoms with E-state index in [0.717, 1.165) is 17.3 Å². The van der Waals surface area contributed by atoms with Crippen molar-refractivity contribution in [2.75, 3.05) is 11.1 Å². The molecule has 3 aromatic rings. The number of fused-ring (bicyclic) bond motifs is 1. The minimum Gasteiger partial charge on any atom is -0.325 e. The van der Waals surface area contributed by atoms with E-state index in [4.69, 9.17) is 0 Å². The van der Waals surface area contributed by atoms with Gasteiger partial charge in [-0.2, -0.15) is 4.98 Å². The summed E-state index contributed by atoms with van der Waals surface area (Å²) in [4.78, 5) is 42.3. The first kappa shape index (κ1) is 17.5. The van der Waals surface area contributed by atoms with E-state index in [9.17, 15) is 19.7 Å². The molecule has 3 rings (SSSR count). The van der Waals surface area contributed by atoms with Gasteiger partial charge in [-0.25, -0.2) is 9.78 Å². The zero-order chi connectivity index (χ0) is 18.7. The predicted molar refractivity (Wildman–Crippen MR) is 96.4 cm³/mol. The first-order chi connectivity index (χ1) is 12.4. The summed E-state index contributed by atoms with van der Waals surface area (Å²) in [6.45, 7) is 1.83. The van der Waals surface area contributed by atoms with Crippen molar-refractivity contribution in [2.45, 2.75) is 12.1 Å². The van der Waals surface area contributed by atoms with Crippen LogP contribution in [-0.2, 0) is 4.79 Å². The minimum absolute atomic E-state index is 0.00151. The minimum atomic E-state index is -0.515. The molecule has 2 aromatic heterocycles. The molecule has 0 saturated carbocycles. The van der Waals surface area contributed by atoms with E-state index in [2.05, 4.69) is 15.3 Å². The summed E-state index contributed by atoms with van der Waals surface area (Å²) in [7, 11) is 0. The van der Waals surface area contributed by atoms with E-state index < -0.39 is 10.6 Å². The van der Waals surface area contributed by atoms with Gasteiger partial charge in [0, 0.05) is 24.0 Å². The second-order valence-electron chi connectivity index (χ2n) is 5.31. The summed E-state index contributed by atoms with van der Waals surface area (Å²) < 4.78 is 1.34. The Morgan fingerprint density at radius 2 is 2.00 bits per heavy atom. The number of aryl methyl sites for hydroxylation is 1. The van der Waals surface area contributed by atoms with Gasteiger partial charge in [-0.05, 0) is 30.7 Å². The summed E-state index contributed by atoms with van der Waals surface area (Å²) in [5.74, 6) is -0.337. The van der Waals surface area contributed by atoms with Crippen LogP contribution in [0.2, 0.25) is 0 Å². The Morgan fingerprint density at radius 1 is 1.27 bits per heavy atom. The summed E-state index contributed by atoms with van der Waals surface area (Å²) in [5.41, 5.74) is 1.24. The van der Waals surface area contributed by atoms with E-state index in [0.29, 0.717) is 11.3 Å². The van der Waals surface area contributed by atoms with Crippen molar-refractivity contribution >= 4 is 34.7 Å². The van der Waals surface area contributed by atoms with Crippen molar-refractivity contribution in [3.63, 3.8) is 0 Å². The number of pyridine rings is 1. The van der Waals surface area contributed by atoms with Crippen molar-refractivity contribution in [1.82, 2.24) is 14.4 Å². The molecule has 132 valence electrons. The van der Waals surface area contributed by atoms with Gasteiger partial charge in [-0.3, -0.25) is 19.3 Å². The number of carbonyl (C=O) groups excluding carboxylic acids is 1. The quantitative estimate of drug-likeness (QED) is 0.414. The maximum absolute atomic E-state index is 12.0. The normalized spacial score (nSPS) is 10.7. The first-order valence-electron chi connectivity index (χ1n) is 7.47. The topological polar surface area (TPSA) is 120 Å². The molecule has 26 heavy (non-hydrogen) atoms. The van der Waals surface area contributed by atoms with Crippen LogP contribution in [0.3, 0.4) is 0 Å². The molecule has 9 nitrogen and oxygen atoms in total. The lowest BCUT2D eigenvalue weighted by Gasteiger charge is -2.06. The van der Waals surface area contributed by atoms with Gasteiger partial charge >= 0.3 is 5.69 Å². The highest BCUT2D eigenvalue weighted by Gasteiger charge is 2.10. The molecule has 0 aliphatic rings. The third-order valence-corrected chi connectivity index (χ3v) is 4.30. The van der Waals surface area contributed by atoms with Crippen molar-refractivity contribution in [2.24, 2.45) is 0 Å². The molecule has 0 atom stereocenters. The first-order valence-corrected chi connectivity index (χ1v) is 8.46. The number of nitro benzene ring substituents is 1. The molecule has 0 aliphatic heterocycles. The van der Waals surface area contributed by atoms with Crippen LogP contribution in [0.25, 0.3) is 5.65 Å². The number of nitrogens with one attached hydrogen (secondary N) is 1. The molecular weight excluding hydrogens is 358 g/mol. The average Bonchev–Trinajstić information content (AvgIpc) is 2.61. The number of nitrogens with zero attached hydrogens (tertiary/aromatic N) is 4. The largest absolute Gasteiger partial charge is 0.355 e. The predicted octanol–water partition coefficient (Wildman–Crippen LogP) is 2.04. The van der Waals surface area contributed by atoms with Crippen LogP contribution in [0.15, 0.2) is 52.5 Å². The van der Waals surface area contributed by atoms with Gasteiger partial charge in [-0.15, -0.1) is 0 Å². The molecule has 10 heteroatoms. The fourth-order valence-corrected chi connectivity index (χ4v) is 2.84. The van der Waals surface area contributed by atoms with Crippen molar-refractivity contribution in [1.29, 1.82) is 0 Å². The zero-order valence-electron chi connectivity index (χ0n) is 13.6. The molecular formula is C16H13N5O4S. The molecule has 0 saturated heterocycles. The number of carbonyl (C=O) groups is 1. The summed E-state index contributed by atoms with van der Waals surface area (Å²) in [5, 5.41) is 13.4. The zero-order valence-corrected chi connectivity index (χ0v) is 14.4. The van der Waals surface area contributed by atoms with Crippen molar-refractivity contribution in [3.8, 4) is 0 Å². The number of hydrogen-bond acceptors (Lipinski definition) is 7. The Bertz CT molecular complexity index is 1050. The van der Waals surface area contributed by atoms with Gasteiger partial charge in [0.05, 0.1) is 10.7 Å². The van der Waals surface area contributed by atoms with Crippen molar-refractivity contribution in [3.05, 3.63) is 68.8 Å². The van der Waals surface area contributed by atoms with E-state index in [1.54, 1.807) is 12.3 Å². The standard InChI is InChI=1S/C16H13N5O4S/c1-10-3-2-8-20-14(10)18-15(19-16(20)23)26-9-13(22)17-11-4-6-12(7-5-11)21(24)25/h2-8H,9H2,1H3,(H,17,22). The molecule has 0 radical (unpaired) electrons. The second-order valence-corrected chi connectivity index (χ2v) is 6.26. The summed E-state index contributed by atoms with van der Waals surface area (Å²) >= 11 is 1.04. The van der Waals surface area contributed by atoms with Crippen LogP contribution in [0.5, 0.6) is 0 Å². The highest BCUT2D eigenvalue weighted by atomic mass is 32.2. The number of rotatable bonds is 5. The maximum Gasteiger partial charge on any atom is 0.355 e. The van der Waals surface area contributed by atoms with Crippen LogP contribution in [0.4, 0.5) is 11.4 Å². The van der Waals surface area contributed by atoms with Gasteiger partial charge in [-0.1, -0.05) is 17.8 Å². The average molecular weight is 371 g/mol. The molecule has 1 amide bonds. The van der Waals surface area contributed by atoms with E-state index in [1.807, 2.05) is 13.0 Å². The Hall–Kier alpha value is -3.27. The van der Waals surface area contributed by atoms with Gasteiger partial charge in [0.2, 0.25) is 5.91 Å². The Labute approximate surface area is 151 Å². The molecule has 0 aliphatic carbocycles. The summed E-state index contributed by atoms with van der Waals surface area (Å²) in [6.07, 6.45) is 1.58. The number of hydrogen-bond donors (Lipinski definition) is 1. The van der Waals surface area contributed by atoms with Crippen LogP contribution in [0, 0.1) is 17.0 Å². The third-order valence-electron chi connectivity index (χ3n) is 3.46. The SMILES string of the molecule is Cc1cccn2c(=O)nc(SCC(=O)Nc3ccc([N+](=O)[O-])cc3)nc12. The molecule has 0 spiro atoms. The number of anilines is 1. The lowest BCUT2D eigenvalue weighted by atomic mass is 10.3. The number of benzene rings is 1. The Kier molecular flexibility index (Phi) is 4.94. The number of thioether (sulfide) groups is 1. The number of amides is 1. The third kappa shape index (κ3) is 3.86. The van der Waals surface area contributed by atoms with Gasteiger partial charge in [0.1, 0.15) is 5.65 Å². The van der Waals surface area contributed by atoms with E-state index in [-0.39, 0.29) is 22.5 Å². The molecule has 0 bridgehead atoms. The molecule has 2 heterocycles. The second kappa shape index (κ2) is 7.31. The molecule has 0 unspecified atom stereocenters. The molecule has 1 N–H and O–H groups in total. The van der Waals surface area contributed by atoms with Crippen LogP contribution in [0.1, 0.15) is 5.56 Å². The van der Waals surface area contributed by atoms with Gasteiger partial charge in [0.25, 0.3) is 5.69 Å². The molecule has 1 aromatic carbocycles. The van der Waals surface area contributed by atoms with E-state index in [1.165, 1.54) is 28.7 Å². The highest BCUT2D eigenvalue weighted by Crippen LogP contribution is 2.17. The lowest BCUT2D eigenvalue weighted by Crippen LogP contribution is -2.20.